The summed E-state index contributed by atoms with van der Waals surface area (Å²) in [5.41, 5.74) is 9.61. The molecule has 0 saturated heterocycles. The van der Waals surface area contributed by atoms with E-state index < -0.39 is 0 Å². The Kier molecular flexibility index (Phi) is 2.94. The minimum Gasteiger partial charge on any atom is -0.399 e. The van der Waals surface area contributed by atoms with Gasteiger partial charge in [0, 0.05) is 5.69 Å². The van der Waals surface area contributed by atoms with Crippen molar-refractivity contribution in [3.05, 3.63) is 39.9 Å². The summed E-state index contributed by atoms with van der Waals surface area (Å²) < 4.78 is 3.79. The smallest absolute Gasteiger partial charge is 0.265 e. The Morgan fingerprint density at radius 2 is 2.37 bits per heavy atom. The molecule has 1 heterocycles. The van der Waals surface area contributed by atoms with Crippen LogP contribution in [0.2, 0.25) is 0 Å². The van der Waals surface area contributed by atoms with Gasteiger partial charge in [0.2, 0.25) is 0 Å². The third-order valence-corrected chi connectivity index (χ3v) is 4.23. The normalized spacial score (nSPS) is 17.2. The van der Waals surface area contributed by atoms with Crippen molar-refractivity contribution >= 4 is 23.1 Å². The van der Waals surface area contributed by atoms with Gasteiger partial charge in [0.1, 0.15) is 4.88 Å². The van der Waals surface area contributed by atoms with E-state index in [2.05, 4.69) is 14.9 Å². The number of nitrogen functional groups attached to an aromatic ring is 1. The topological polar surface area (TPSA) is 80.9 Å². The van der Waals surface area contributed by atoms with Crippen LogP contribution < -0.4 is 11.1 Å². The fourth-order valence-electron chi connectivity index (χ4n) is 2.45. The molecule has 3 rings (SSSR count). The molecule has 1 aromatic heterocycles. The summed E-state index contributed by atoms with van der Waals surface area (Å²) >= 11 is 1.13. The first-order valence-corrected chi connectivity index (χ1v) is 6.90. The summed E-state index contributed by atoms with van der Waals surface area (Å²) in [6, 6.07) is 5.93. The molecule has 5 nitrogen and oxygen atoms in total. The van der Waals surface area contributed by atoms with Gasteiger partial charge < -0.3 is 11.1 Å². The number of amides is 1. The van der Waals surface area contributed by atoms with Gasteiger partial charge in [-0.3, -0.25) is 4.79 Å². The highest BCUT2D eigenvalue weighted by Crippen LogP contribution is 2.32. The number of carbonyl (C=O) groups is 1. The van der Waals surface area contributed by atoms with Crippen molar-refractivity contribution in [2.45, 2.75) is 25.8 Å². The minimum atomic E-state index is -0.0952. The lowest BCUT2D eigenvalue weighted by molar-refractivity contribution is 0.0940. The number of aromatic nitrogens is 2. The van der Waals surface area contributed by atoms with Crippen LogP contribution in [-0.4, -0.2) is 15.5 Å². The summed E-state index contributed by atoms with van der Waals surface area (Å²) in [5.74, 6) is -0.0952. The molecule has 2 aromatic rings. The van der Waals surface area contributed by atoms with E-state index >= 15 is 0 Å². The molecule has 3 N–H and O–H groups in total. The third-order valence-electron chi connectivity index (χ3n) is 3.41. The summed E-state index contributed by atoms with van der Waals surface area (Å²) in [7, 11) is 0. The van der Waals surface area contributed by atoms with Crippen LogP contribution in [0.3, 0.4) is 0 Å². The van der Waals surface area contributed by atoms with Gasteiger partial charge in [-0.1, -0.05) is 10.6 Å². The summed E-state index contributed by atoms with van der Waals surface area (Å²) in [4.78, 5) is 12.7. The number of anilines is 1. The van der Waals surface area contributed by atoms with E-state index in [1.54, 1.807) is 6.92 Å². The van der Waals surface area contributed by atoms with E-state index in [0.717, 1.165) is 35.6 Å². The van der Waals surface area contributed by atoms with E-state index in [1.165, 1.54) is 5.56 Å². The number of hydrogen-bond donors (Lipinski definition) is 2. The fraction of sp³-hybridized carbons (Fsp3) is 0.308. The summed E-state index contributed by atoms with van der Waals surface area (Å²) in [6.07, 6.45) is 1.86. The highest BCUT2D eigenvalue weighted by molar-refractivity contribution is 7.08. The third kappa shape index (κ3) is 2.19. The number of carbonyl (C=O) groups excluding carboxylic acids is 1. The highest BCUT2D eigenvalue weighted by Gasteiger charge is 2.25. The summed E-state index contributed by atoms with van der Waals surface area (Å²) in [6.45, 7) is 1.79. The molecule has 0 aliphatic heterocycles. The van der Waals surface area contributed by atoms with E-state index in [4.69, 9.17) is 5.73 Å². The van der Waals surface area contributed by atoms with Gasteiger partial charge in [-0.05, 0) is 54.6 Å². The van der Waals surface area contributed by atoms with E-state index in [1.807, 2.05) is 18.2 Å². The average molecular weight is 274 g/mol. The first-order chi connectivity index (χ1) is 9.15. The van der Waals surface area contributed by atoms with Crippen molar-refractivity contribution in [2.24, 2.45) is 0 Å². The molecule has 19 heavy (non-hydrogen) atoms. The van der Waals surface area contributed by atoms with Crippen molar-refractivity contribution in [1.29, 1.82) is 0 Å². The maximum absolute atomic E-state index is 12.2. The van der Waals surface area contributed by atoms with Gasteiger partial charge in [-0.15, -0.1) is 5.10 Å². The molecular weight excluding hydrogens is 260 g/mol. The Bertz CT molecular complexity index is 637. The van der Waals surface area contributed by atoms with Crippen LogP contribution in [-0.2, 0) is 6.42 Å². The maximum atomic E-state index is 12.2. The highest BCUT2D eigenvalue weighted by atomic mass is 32.1. The quantitative estimate of drug-likeness (QED) is 0.819. The minimum absolute atomic E-state index is 0.0598. The Labute approximate surface area is 115 Å². The number of rotatable bonds is 2. The lowest BCUT2D eigenvalue weighted by Crippen LogP contribution is -2.26. The molecule has 98 valence electrons. The molecule has 1 unspecified atom stereocenters. The molecule has 0 bridgehead atoms. The molecule has 0 saturated carbocycles. The largest absolute Gasteiger partial charge is 0.399 e. The predicted molar refractivity (Wildman–Crippen MR) is 74.0 cm³/mol. The molecule has 6 heteroatoms. The molecule has 0 fully saturated rings. The Hall–Kier alpha value is -1.95. The Morgan fingerprint density at radius 1 is 1.53 bits per heavy atom. The van der Waals surface area contributed by atoms with Crippen LogP contribution in [0.5, 0.6) is 0 Å². The number of fused-ring (bicyclic) bond motifs is 1. The molecule has 1 aromatic carbocycles. The zero-order valence-electron chi connectivity index (χ0n) is 10.5. The van der Waals surface area contributed by atoms with E-state index in [-0.39, 0.29) is 11.9 Å². The second-order valence-electron chi connectivity index (χ2n) is 4.71. The van der Waals surface area contributed by atoms with Crippen LogP contribution in [0.1, 0.15) is 39.0 Å². The van der Waals surface area contributed by atoms with Crippen LogP contribution in [0.15, 0.2) is 18.2 Å². The second kappa shape index (κ2) is 4.62. The number of nitrogens with zero attached hydrogens (tertiary/aromatic N) is 2. The predicted octanol–water partition coefficient (Wildman–Crippen LogP) is 1.85. The SMILES string of the molecule is Cc1nnsc1C(=O)NC1CCc2cc(N)ccc21. The lowest BCUT2D eigenvalue weighted by atomic mass is 10.1. The van der Waals surface area contributed by atoms with Crippen molar-refractivity contribution < 1.29 is 4.79 Å². The molecule has 0 spiro atoms. The average Bonchev–Trinajstić information content (AvgIpc) is 2.96. The van der Waals surface area contributed by atoms with Crippen LogP contribution >= 0.6 is 11.5 Å². The van der Waals surface area contributed by atoms with E-state index in [9.17, 15) is 4.79 Å². The number of nitrogens with two attached hydrogens (primary N) is 1. The molecule has 0 radical (unpaired) electrons. The van der Waals surface area contributed by atoms with Gasteiger partial charge in [0.05, 0.1) is 11.7 Å². The fourth-order valence-corrected chi connectivity index (χ4v) is 3.01. The number of hydrogen-bond acceptors (Lipinski definition) is 5. The van der Waals surface area contributed by atoms with Crippen molar-refractivity contribution in [1.82, 2.24) is 14.9 Å². The molecule has 1 aliphatic carbocycles. The van der Waals surface area contributed by atoms with Gasteiger partial charge in [0.25, 0.3) is 5.91 Å². The summed E-state index contributed by atoms with van der Waals surface area (Å²) in [5, 5.41) is 6.91. The van der Waals surface area contributed by atoms with Gasteiger partial charge >= 0.3 is 0 Å². The molecule has 1 atom stereocenters. The number of aryl methyl sites for hydroxylation is 2. The molecule has 1 aliphatic rings. The maximum Gasteiger partial charge on any atom is 0.265 e. The van der Waals surface area contributed by atoms with Crippen LogP contribution in [0, 0.1) is 6.92 Å². The second-order valence-corrected chi connectivity index (χ2v) is 5.46. The monoisotopic (exact) mass is 274 g/mol. The zero-order chi connectivity index (χ0) is 13.4. The Morgan fingerprint density at radius 3 is 3.11 bits per heavy atom. The van der Waals surface area contributed by atoms with Crippen molar-refractivity contribution in [2.75, 3.05) is 5.73 Å². The standard InChI is InChI=1S/C13H14N4OS/c1-7-12(19-17-16-7)13(18)15-11-5-2-8-6-9(14)3-4-10(8)11/h3-4,6,11H,2,5,14H2,1H3,(H,15,18). The zero-order valence-corrected chi connectivity index (χ0v) is 11.3. The first-order valence-electron chi connectivity index (χ1n) is 6.13. The van der Waals surface area contributed by atoms with Gasteiger partial charge in [-0.25, -0.2) is 0 Å². The van der Waals surface area contributed by atoms with Crippen molar-refractivity contribution in [3.63, 3.8) is 0 Å². The number of benzene rings is 1. The van der Waals surface area contributed by atoms with Crippen LogP contribution in [0.25, 0.3) is 0 Å². The van der Waals surface area contributed by atoms with Gasteiger partial charge in [-0.2, -0.15) is 0 Å². The lowest BCUT2D eigenvalue weighted by Gasteiger charge is -2.13. The van der Waals surface area contributed by atoms with Gasteiger partial charge in [0.15, 0.2) is 0 Å². The Balaban J connectivity index is 1.80. The first kappa shape index (κ1) is 12.1. The molecular formula is C13H14N4OS. The van der Waals surface area contributed by atoms with Crippen molar-refractivity contribution in [3.8, 4) is 0 Å². The number of nitrogens with one attached hydrogen (secondary N) is 1. The van der Waals surface area contributed by atoms with Crippen LogP contribution in [0.4, 0.5) is 5.69 Å². The van der Waals surface area contributed by atoms with E-state index in [0.29, 0.717) is 10.6 Å². The molecule has 1 amide bonds.